The number of pyridine rings is 1. The highest BCUT2D eigenvalue weighted by Crippen LogP contribution is 2.29. The molecule has 0 spiro atoms. The van der Waals surface area contributed by atoms with Gasteiger partial charge in [-0.2, -0.15) is 0 Å². The number of fused-ring (bicyclic) bond motifs is 1. The maximum atomic E-state index is 9.47. The summed E-state index contributed by atoms with van der Waals surface area (Å²) in [5, 5.41) is 10.3. The average molecular weight is 357 g/mol. The van der Waals surface area contributed by atoms with Gasteiger partial charge in [0.1, 0.15) is 10.7 Å². The van der Waals surface area contributed by atoms with E-state index in [1.54, 1.807) is 0 Å². The Kier molecular flexibility index (Phi) is 5.01. The van der Waals surface area contributed by atoms with Crippen molar-refractivity contribution in [3.8, 4) is 0 Å². The number of hydrogen-bond acceptors (Lipinski definition) is 3. The van der Waals surface area contributed by atoms with Crippen molar-refractivity contribution in [1.29, 1.82) is 0 Å². The lowest BCUT2D eigenvalue weighted by molar-refractivity contribution is 0.128. The molecule has 110 valence electrons. The standard InChI is InChI=1S/C14H21BrN2O2Si/c1-20(2,3)7-6-19-13(15)11-8-10-4-5-16-14(10)17-12(11)9-18/h4-5,8,13,18H,6-7,9H2,1-3H3,(H,16,17). The van der Waals surface area contributed by atoms with Crippen LogP contribution in [0.1, 0.15) is 16.3 Å². The number of aliphatic hydroxyl groups is 1. The molecule has 0 saturated heterocycles. The molecule has 0 bridgehead atoms. The van der Waals surface area contributed by atoms with Crippen molar-refractivity contribution in [2.45, 2.75) is 37.3 Å². The Balaban J connectivity index is 2.13. The van der Waals surface area contributed by atoms with Crippen LogP contribution in [-0.2, 0) is 11.3 Å². The van der Waals surface area contributed by atoms with E-state index in [1.807, 2.05) is 18.3 Å². The fourth-order valence-electron chi connectivity index (χ4n) is 1.92. The summed E-state index contributed by atoms with van der Waals surface area (Å²) in [4.78, 5) is 7.48. The molecule has 0 aromatic carbocycles. The first-order valence-corrected chi connectivity index (χ1v) is 11.4. The van der Waals surface area contributed by atoms with Crippen molar-refractivity contribution in [2.24, 2.45) is 0 Å². The van der Waals surface area contributed by atoms with Gasteiger partial charge in [0.15, 0.2) is 0 Å². The third kappa shape index (κ3) is 3.91. The number of aromatic nitrogens is 2. The van der Waals surface area contributed by atoms with Crippen LogP contribution < -0.4 is 0 Å². The van der Waals surface area contributed by atoms with Crippen LogP contribution in [0.5, 0.6) is 0 Å². The number of alkyl halides is 1. The SMILES string of the molecule is C[Si](C)(C)CCOC(Br)c1cc2cc[nH]c2nc1CO. The van der Waals surface area contributed by atoms with E-state index in [9.17, 15) is 5.11 Å². The molecule has 2 aromatic heterocycles. The Bertz CT molecular complexity index is 580. The predicted molar refractivity (Wildman–Crippen MR) is 87.8 cm³/mol. The summed E-state index contributed by atoms with van der Waals surface area (Å²) in [5.74, 6) is 0. The fraction of sp³-hybridized carbons (Fsp3) is 0.500. The lowest BCUT2D eigenvalue weighted by Gasteiger charge is -2.19. The molecule has 6 heteroatoms. The lowest BCUT2D eigenvalue weighted by Crippen LogP contribution is -2.22. The van der Waals surface area contributed by atoms with Crippen LogP contribution in [0.4, 0.5) is 0 Å². The van der Waals surface area contributed by atoms with E-state index < -0.39 is 8.07 Å². The van der Waals surface area contributed by atoms with E-state index in [0.717, 1.165) is 29.2 Å². The monoisotopic (exact) mass is 356 g/mol. The normalized spacial score (nSPS) is 13.8. The summed E-state index contributed by atoms with van der Waals surface area (Å²) < 4.78 is 5.86. The summed E-state index contributed by atoms with van der Waals surface area (Å²) in [5.41, 5.74) is 2.34. The number of hydrogen-bond donors (Lipinski definition) is 2. The maximum absolute atomic E-state index is 9.47. The number of aliphatic hydroxyl groups excluding tert-OH is 1. The van der Waals surface area contributed by atoms with Gasteiger partial charge >= 0.3 is 0 Å². The van der Waals surface area contributed by atoms with Gasteiger partial charge in [-0.3, -0.25) is 0 Å². The predicted octanol–water partition coefficient (Wildman–Crippen LogP) is 3.80. The first kappa shape index (κ1) is 15.7. The zero-order valence-corrected chi connectivity index (χ0v) is 14.7. The van der Waals surface area contributed by atoms with Crippen molar-refractivity contribution in [3.05, 3.63) is 29.6 Å². The molecule has 2 aromatic rings. The summed E-state index contributed by atoms with van der Waals surface area (Å²) in [6.07, 6.45) is 1.85. The number of ether oxygens (including phenoxy) is 1. The molecule has 0 radical (unpaired) electrons. The first-order valence-electron chi connectivity index (χ1n) is 6.74. The molecule has 2 heterocycles. The van der Waals surface area contributed by atoms with Gasteiger partial charge in [0, 0.05) is 31.8 Å². The van der Waals surface area contributed by atoms with Crippen molar-refractivity contribution in [2.75, 3.05) is 6.61 Å². The Hall–Kier alpha value is -0.693. The van der Waals surface area contributed by atoms with E-state index in [0.29, 0.717) is 5.69 Å². The number of halogens is 1. The van der Waals surface area contributed by atoms with Gasteiger partial charge in [-0.25, -0.2) is 4.98 Å². The summed E-state index contributed by atoms with van der Waals surface area (Å²) in [6, 6.07) is 5.09. The van der Waals surface area contributed by atoms with Crippen molar-refractivity contribution in [3.63, 3.8) is 0 Å². The molecule has 0 saturated carbocycles. The second-order valence-corrected chi connectivity index (χ2v) is 12.5. The quantitative estimate of drug-likeness (QED) is 0.611. The number of rotatable bonds is 6. The van der Waals surface area contributed by atoms with Gasteiger partial charge in [-0.15, -0.1) is 0 Å². The number of H-pyrrole nitrogens is 1. The number of aromatic amines is 1. The molecular weight excluding hydrogens is 336 g/mol. The van der Waals surface area contributed by atoms with Crippen LogP contribution in [0.25, 0.3) is 11.0 Å². The minimum Gasteiger partial charge on any atom is -0.390 e. The molecule has 2 N–H and O–H groups in total. The second kappa shape index (κ2) is 6.38. The van der Waals surface area contributed by atoms with Crippen LogP contribution in [0.3, 0.4) is 0 Å². The van der Waals surface area contributed by atoms with Gasteiger partial charge in [-0.05, 0) is 18.2 Å². The highest BCUT2D eigenvalue weighted by Gasteiger charge is 2.18. The maximum Gasteiger partial charge on any atom is 0.139 e. The van der Waals surface area contributed by atoms with Crippen LogP contribution >= 0.6 is 15.9 Å². The second-order valence-electron chi connectivity index (χ2n) is 6.10. The molecule has 0 aliphatic rings. The smallest absolute Gasteiger partial charge is 0.139 e. The highest BCUT2D eigenvalue weighted by molar-refractivity contribution is 9.09. The Labute approximate surface area is 128 Å². The van der Waals surface area contributed by atoms with Crippen molar-refractivity contribution < 1.29 is 9.84 Å². The summed E-state index contributed by atoms with van der Waals surface area (Å²) in [6.45, 7) is 7.61. The number of nitrogens with one attached hydrogen (secondary N) is 1. The zero-order chi connectivity index (χ0) is 14.8. The van der Waals surface area contributed by atoms with Crippen LogP contribution in [0.15, 0.2) is 18.3 Å². The Morgan fingerprint density at radius 2 is 2.20 bits per heavy atom. The topological polar surface area (TPSA) is 58.1 Å². The highest BCUT2D eigenvalue weighted by atomic mass is 79.9. The molecular formula is C14H21BrN2O2Si. The molecule has 0 amide bonds. The van der Waals surface area contributed by atoms with E-state index >= 15 is 0 Å². The summed E-state index contributed by atoms with van der Waals surface area (Å²) >= 11 is 3.55. The molecule has 4 nitrogen and oxygen atoms in total. The zero-order valence-electron chi connectivity index (χ0n) is 12.1. The van der Waals surface area contributed by atoms with E-state index in [1.165, 1.54) is 0 Å². The van der Waals surface area contributed by atoms with E-state index in [-0.39, 0.29) is 11.6 Å². The van der Waals surface area contributed by atoms with Gasteiger partial charge in [0.05, 0.1) is 12.3 Å². The van der Waals surface area contributed by atoms with Crippen molar-refractivity contribution >= 4 is 35.0 Å². The van der Waals surface area contributed by atoms with Crippen molar-refractivity contribution in [1.82, 2.24) is 9.97 Å². The molecule has 1 unspecified atom stereocenters. The lowest BCUT2D eigenvalue weighted by atomic mass is 10.2. The van der Waals surface area contributed by atoms with Crippen LogP contribution in [0.2, 0.25) is 25.7 Å². The molecule has 0 aliphatic carbocycles. The Morgan fingerprint density at radius 3 is 2.85 bits per heavy atom. The molecule has 20 heavy (non-hydrogen) atoms. The fourth-order valence-corrected chi connectivity index (χ4v) is 3.23. The number of nitrogens with zero attached hydrogens (tertiary/aromatic N) is 1. The third-order valence-corrected chi connectivity index (χ3v) is 5.62. The van der Waals surface area contributed by atoms with E-state index in [4.69, 9.17) is 4.74 Å². The third-order valence-electron chi connectivity index (χ3n) is 3.16. The van der Waals surface area contributed by atoms with Gasteiger partial charge in [0.2, 0.25) is 0 Å². The average Bonchev–Trinajstić information content (AvgIpc) is 2.82. The molecule has 1 atom stereocenters. The first-order chi connectivity index (χ1) is 9.40. The Morgan fingerprint density at radius 1 is 1.45 bits per heavy atom. The van der Waals surface area contributed by atoms with Gasteiger partial charge in [-0.1, -0.05) is 35.6 Å². The largest absolute Gasteiger partial charge is 0.390 e. The van der Waals surface area contributed by atoms with Crippen LogP contribution in [0, 0.1) is 0 Å². The minimum atomic E-state index is -1.10. The van der Waals surface area contributed by atoms with Gasteiger partial charge in [0.25, 0.3) is 0 Å². The molecule has 0 fully saturated rings. The van der Waals surface area contributed by atoms with E-state index in [2.05, 4.69) is 45.5 Å². The minimum absolute atomic E-state index is 0.0935. The molecule has 2 rings (SSSR count). The molecule has 0 aliphatic heterocycles. The summed E-state index contributed by atoms with van der Waals surface area (Å²) in [7, 11) is -1.10. The van der Waals surface area contributed by atoms with Crippen LogP contribution in [-0.4, -0.2) is 29.8 Å². The van der Waals surface area contributed by atoms with Gasteiger partial charge < -0.3 is 14.8 Å².